The van der Waals surface area contributed by atoms with E-state index in [2.05, 4.69) is 4.72 Å². The highest BCUT2D eigenvalue weighted by molar-refractivity contribution is 7.89. The van der Waals surface area contributed by atoms with Crippen LogP contribution in [0.25, 0.3) is 0 Å². The van der Waals surface area contributed by atoms with E-state index >= 15 is 0 Å². The fourth-order valence-corrected chi connectivity index (χ4v) is 4.62. The first-order valence-electron chi connectivity index (χ1n) is 7.75. The summed E-state index contributed by atoms with van der Waals surface area (Å²) >= 11 is 11.9. The predicted octanol–water partition coefficient (Wildman–Crippen LogP) is 4.45. The van der Waals surface area contributed by atoms with Crippen LogP contribution in [-0.4, -0.2) is 22.1 Å². The molecule has 7 heteroatoms. The Morgan fingerprint density at radius 3 is 2.32 bits per heavy atom. The molecule has 0 bridgehead atoms. The van der Waals surface area contributed by atoms with Crippen molar-refractivity contribution >= 4 is 33.2 Å². The van der Waals surface area contributed by atoms with Crippen molar-refractivity contribution < 1.29 is 13.2 Å². The molecule has 136 valence electrons. The molecule has 0 radical (unpaired) electrons. The van der Waals surface area contributed by atoms with E-state index in [0.717, 1.165) is 11.1 Å². The van der Waals surface area contributed by atoms with Crippen LogP contribution >= 0.6 is 23.2 Å². The van der Waals surface area contributed by atoms with Crippen LogP contribution in [0.5, 0.6) is 5.75 Å². The van der Waals surface area contributed by atoms with Crippen molar-refractivity contribution in [3.8, 4) is 5.75 Å². The van der Waals surface area contributed by atoms with Gasteiger partial charge in [-0.25, -0.2) is 13.1 Å². The van der Waals surface area contributed by atoms with Crippen LogP contribution in [0.2, 0.25) is 10.0 Å². The average Bonchev–Trinajstić information content (AvgIpc) is 2.54. The van der Waals surface area contributed by atoms with Gasteiger partial charge in [0, 0.05) is 6.54 Å². The molecule has 1 N–H and O–H groups in total. The van der Waals surface area contributed by atoms with E-state index in [9.17, 15) is 8.42 Å². The van der Waals surface area contributed by atoms with Gasteiger partial charge in [-0.05, 0) is 67.6 Å². The van der Waals surface area contributed by atoms with Crippen molar-refractivity contribution in [2.45, 2.75) is 32.1 Å². The Balaban J connectivity index is 2.19. The highest BCUT2D eigenvalue weighted by atomic mass is 35.5. The van der Waals surface area contributed by atoms with Crippen LogP contribution in [0.1, 0.15) is 22.3 Å². The Bertz CT molecular complexity index is 896. The summed E-state index contributed by atoms with van der Waals surface area (Å²) in [5, 5.41) is 0.936. The molecule has 0 spiro atoms. The zero-order valence-electron chi connectivity index (χ0n) is 14.6. The van der Waals surface area contributed by atoms with E-state index < -0.39 is 10.0 Å². The SMILES string of the molecule is COc1cc(C)c(S(=O)(=O)NCCc2ccc(Cl)c(Cl)c2)c(C)c1C. The smallest absolute Gasteiger partial charge is 0.241 e. The summed E-state index contributed by atoms with van der Waals surface area (Å²) < 4.78 is 33.4. The number of hydrogen-bond acceptors (Lipinski definition) is 3. The van der Waals surface area contributed by atoms with Gasteiger partial charge in [0.1, 0.15) is 5.75 Å². The second-order valence-electron chi connectivity index (χ2n) is 5.87. The molecule has 0 atom stereocenters. The molecule has 0 saturated carbocycles. The third-order valence-corrected chi connectivity index (χ3v) is 6.65. The molecule has 0 saturated heterocycles. The molecule has 2 rings (SSSR count). The second-order valence-corrected chi connectivity index (χ2v) is 8.39. The summed E-state index contributed by atoms with van der Waals surface area (Å²) in [7, 11) is -2.05. The fraction of sp³-hybridized carbons (Fsp3) is 0.333. The van der Waals surface area contributed by atoms with Crippen LogP contribution in [-0.2, 0) is 16.4 Å². The summed E-state index contributed by atoms with van der Waals surface area (Å²) in [6.45, 7) is 5.67. The molecule has 2 aromatic carbocycles. The molecule has 0 aliphatic rings. The zero-order chi connectivity index (χ0) is 18.8. The van der Waals surface area contributed by atoms with Crippen LogP contribution in [0.15, 0.2) is 29.2 Å². The molecule has 0 unspecified atom stereocenters. The van der Waals surface area contributed by atoms with Gasteiger partial charge in [0.2, 0.25) is 10.0 Å². The van der Waals surface area contributed by atoms with Gasteiger partial charge in [-0.15, -0.1) is 0 Å². The summed E-state index contributed by atoms with van der Waals surface area (Å²) in [6.07, 6.45) is 0.517. The van der Waals surface area contributed by atoms with Crippen molar-refractivity contribution in [2.75, 3.05) is 13.7 Å². The second kappa shape index (κ2) is 7.96. The minimum atomic E-state index is -3.62. The van der Waals surface area contributed by atoms with E-state index in [1.165, 1.54) is 0 Å². The van der Waals surface area contributed by atoms with Crippen molar-refractivity contribution in [3.63, 3.8) is 0 Å². The molecule has 4 nitrogen and oxygen atoms in total. The van der Waals surface area contributed by atoms with E-state index in [1.807, 2.05) is 13.0 Å². The van der Waals surface area contributed by atoms with Gasteiger partial charge in [0.15, 0.2) is 0 Å². The number of rotatable bonds is 6. The van der Waals surface area contributed by atoms with E-state index in [1.54, 1.807) is 39.2 Å². The van der Waals surface area contributed by atoms with Gasteiger partial charge in [0.05, 0.1) is 22.1 Å². The van der Waals surface area contributed by atoms with E-state index in [0.29, 0.717) is 38.2 Å². The Kier molecular flexibility index (Phi) is 6.38. The first-order valence-corrected chi connectivity index (χ1v) is 9.99. The largest absolute Gasteiger partial charge is 0.496 e. The molecule has 0 heterocycles. The number of hydrogen-bond donors (Lipinski definition) is 1. The Morgan fingerprint density at radius 1 is 1.04 bits per heavy atom. The summed E-state index contributed by atoms with van der Waals surface area (Å²) in [5.74, 6) is 0.685. The lowest BCUT2D eigenvalue weighted by Gasteiger charge is -2.16. The normalized spacial score (nSPS) is 11.6. The highest BCUT2D eigenvalue weighted by Gasteiger charge is 2.22. The van der Waals surface area contributed by atoms with Gasteiger partial charge in [0.25, 0.3) is 0 Å². The monoisotopic (exact) mass is 401 g/mol. The topological polar surface area (TPSA) is 55.4 Å². The maximum atomic E-state index is 12.7. The number of halogens is 2. The average molecular weight is 402 g/mol. The molecule has 25 heavy (non-hydrogen) atoms. The molecule has 0 aliphatic heterocycles. The minimum absolute atomic E-state index is 0.268. The van der Waals surface area contributed by atoms with Crippen molar-refractivity contribution in [2.24, 2.45) is 0 Å². The highest BCUT2D eigenvalue weighted by Crippen LogP contribution is 2.30. The number of ether oxygens (including phenoxy) is 1. The van der Waals surface area contributed by atoms with Gasteiger partial charge in [-0.1, -0.05) is 29.3 Å². The lowest BCUT2D eigenvalue weighted by molar-refractivity contribution is 0.410. The Labute approximate surface area is 159 Å². The van der Waals surface area contributed by atoms with Crippen LogP contribution in [0, 0.1) is 20.8 Å². The maximum Gasteiger partial charge on any atom is 0.241 e. The van der Waals surface area contributed by atoms with E-state index in [-0.39, 0.29) is 6.54 Å². The van der Waals surface area contributed by atoms with Crippen LogP contribution < -0.4 is 9.46 Å². The van der Waals surface area contributed by atoms with Gasteiger partial charge in [-0.2, -0.15) is 0 Å². The fourth-order valence-electron chi connectivity index (χ4n) is 2.74. The third-order valence-electron chi connectivity index (χ3n) is 4.16. The molecular formula is C18H21Cl2NO3S. The predicted molar refractivity (Wildman–Crippen MR) is 103 cm³/mol. The molecule has 0 aromatic heterocycles. The Hall–Kier alpha value is -1.27. The van der Waals surface area contributed by atoms with Crippen molar-refractivity contribution in [3.05, 3.63) is 56.6 Å². The number of aryl methyl sites for hydroxylation is 1. The lowest BCUT2D eigenvalue weighted by atomic mass is 10.1. The van der Waals surface area contributed by atoms with Gasteiger partial charge < -0.3 is 4.74 Å². The van der Waals surface area contributed by atoms with Crippen LogP contribution in [0.4, 0.5) is 0 Å². The summed E-state index contributed by atoms with van der Waals surface area (Å²) in [4.78, 5) is 0.305. The summed E-state index contributed by atoms with van der Waals surface area (Å²) in [6, 6.07) is 7.02. The zero-order valence-corrected chi connectivity index (χ0v) is 16.9. The first-order chi connectivity index (χ1) is 11.7. The standard InChI is InChI=1S/C18H21Cl2NO3S/c1-11-9-17(24-4)12(2)13(3)18(11)25(22,23)21-8-7-14-5-6-15(19)16(20)10-14/h5-6,9-10,21H,7-8H2,1-4H3. The van der Waals surface area contributed by atoms with Gasteiger partial charge >= 0.3 is 0 Å². The minimum Gasteiger partial charge on any atom is -0.496 e. The number of benzene rings is 2. The maximum absolute atomic E-state index is 12.7. The molecule has 0 aliphatic carbocycles. The molecule has 0 fully saturated rings. The molecule has 2 aromatic rings. The molecule has 0 amide bonds. The lowest BCUT2D eigenvalue weighted by Crippen LogP contribution is -2.27. The molecular weight excluding hydrogens is 381 g/mol. The summed E-state index contributed by atoms with van der Waals surface area (Å²) in [5.41, 5.74) is 3.08. The number of methoxy groups -OCH3 is 1. The van der Waals surface area contributed by atoms with Crippen LogP contribution in [0.3, 0.4) is 0 Å². The third kappa shape index (κ3) is 4.47. The van der Waals surface area contributed by atoms with E-state index in [4.69, 9.17) is 27.9 Å². The first kappa shape index (κ1) is 20.0. The van der Waals surface area contributed by atoms with Crippen molar-refractivity contribution in [1.29, 1.82) is 0 Å². The number of sulfonamides is 1. The quantitative estimate of drug-likeness (QED) is 0.777. The van der Waals surface area contributed by atoms with Crippen molar-refractivity contribution in [1.82, 2.24) is 4.72 Å². The number of nitrogens with one attached hydrogen (secondary N) is 1. The Morgan fingerprint density at radius 2 is 1.72 bits per heavy atom. The van der Waals surface area contributed by atoms with Gasteiger partial charge in [-0.3, -0.25) is 0 Å².